The van der Waals surface area contributed by atoms with Crippen LogP contribution in [0.2, 0.25) is 0 Å². The number of para-hydroxylation sites is 1. The van der Waals surface area contributed by atoms with Gasteiger partial charge in [-0.1, -0.05) is 18.2 Å². The van der Waals surface area contributed by atoms with Gasteiger partial charge in [-0.05, 0) is 18.2 Å². The quantitative estimate of drug-likeness (QED) is 0.504. The molecule has 0 bridgehead atoms. The fraction of sp³-hybridized carbons (Fsp3) is 0. The number of aromatic nitrogens is 2. The molecule has 4 aromatic rings. The van der Waals surface area contributed by atoms with Crippen molar-refractivity contribution in [2.45, 2.75) is 0 Å². The fourth-order valence-corrected chi connectivity index (χ4v) is 2.85. The second-order valence-electron chi connectivity index (χ2n) is 5.03. The zero-order chi connectivity index (χ0) is 15.4. The lowest BCUT2D eigenvalue weighted by Crippen LogP contribution is -2.14. The van der Waals surface area contributed by atoms with Crippen molar-refractivity contribution in [3.8, 4) is 5.75 Å². The van der Waals surface area contributed by atoms with Gasteiger partial charge in [-0.3, -0.25) is 4.79 Å². The Morgan fingerprint density at radius 2 is 1.91 bits per heavy atom. The largest absolute Gasteiger partial charge is 0.506 e. The summed E-state index contributed by atoms with van der Waals surface area (Å²) in [5, 5.41) is 11.4. The Hall–Kier alpha value is -3.15. The minimum Gasteiger partial charge on any atom is -0.506 e. The van der Waals surface area contributed by atoms with Crippen molar-refractivity contribution in [2.24, 2.45) is 5.73 Å². The van der Waals surface area contributed by atoms with Crippen LogP contribution in [-0.2, 0) is 0 Å². The number of amides is 1. The summed E-state index contributed by atoms with van der Waals surface area (Å²) in [5.74, 6) is -1.16. The van der Waals surface area contributed by atoms with E-state index in [-0.39, 0.29) is 11.4 Å². The Kier molecular flexibility index (Phi) is 2.39. The van der Waals surface area contributed by atoms with Crippen molar-refractivity contribution < 1.29 is 14.3 Å². The zero-order valence-corrected chi connectivity index (χ0v) is 11.2. The highest BCUT2D eigenvalue weighted by Crippen LogP contribution is 2.37. The number of nitrogens with zero attached hydrogens (tertiary/aromatic N) is 1. The number of benzene rings is 2. The van der Waals surface area contributed by atoms with Gasteiger partial charge >= 0.3 is 0 Å². The average molecular weight is 295 g/mol. The smallest absolute Gasteiger partial charge is 0.269 e. The number of rotatable bonds is 1. The van der Waals surface area contributed by atoms with Crippen LogP contribution in [0.25, 0.3) is 32.7 Å². The molecule has 2 aromatic carbocycles. The third-order valence-electron chi connectivity index (χ3n) is 3.76. The van der Waals surface area contributed by atoms with Crippen LogP contribution in [0.15, 0.2) is 36.4 Å². The van der Waals surface area contributed by atoms with Crippen LogP contribution < -0.4 is 5.73 Å². The minimum atomic E-state index is -0.720. The van der Waals surface area contributed by atoms with Crippen molar-refractivity contribution in [1.82, 2.24) is 9.97 Å². The normalized spacial score (nSPS) is 11.5. The van der Waals surface area contributed by atoms with E-state index in [1.807, 2.05) is 0 Å². The summed E-state index contributed by atoms with van der Waals surface area (Å²) in [7, 11) is 0. The number of aromatic hydroxyl groups is 1. The molecule has 0 saturated carbocycles. The van der Waals surface area contributed by atoms with Gasteiger partial charge in [-0.15, -0.1) is 0 Å². The van der Waals surface area contributed by atoms with Crippen LogP contribution in [0.3, 0.4) is 0 Å². The van der Waals surface area contributed by atoms with E-state index < -0.39 is 11.7 Å². The molecule has 6 heteroatoms. The number of nitrogens with one attached hydrogen (secondary N) is 1. The second-order valence-corrected chi connectivity index (χ2v) is 5.03. The molecular formula is C16H10FN3O2. The van der Waals surface area contributed by atoms with Gasteiger partial charge in [0.1, 0.15) is 11.6 Å². The molecule has 4 N–H and O–H groups in total. The highest BCUT2D eigenvalue weighted by Gasteiger charge is 2.20. The molecule has 0 aliphatic carbocycles. The lowest BCUT2D eigenvalue weighted by Gasteiger charge is -2.04. The molecule has 0 aliphatic rings. The fourth-order valence-electron chi connectivity index (χ4n) is 2.85. The maximum Gasteiger partial charge on any atom is 0.269 e. The van der Waals surface area contributed by atoms with Crippen LogP contribution >= 0.6 is 0 Å². The molecule has 2 heterocycles. The summed E-state index contributed by atoms with van der Waals surface area (Å²) in [5.41, 5.74) is 6.48. The Morgan fingerprint density at radius 3 is 2.68 bits per heavy atom. The topological polar surface area (TPSA) is 92.0 Å². The van der Waals surface area contributed by atoms with Crippen molar-refractivity contribution in [3.05, 3.63) is 47.9 Å². The van der Waals surface area contributed by atoms with Gasteiger partial charge in [0, 0.05) is 16.2 Å². The van der Waals surface area contributed by atoms with Crippen molar-refractivity contribution in [2.75, 3.05) is 0 Å². The Morgan fingerprint density at radius 1 is 1.14 bits per heavy atom. The summed E-state index contributed by atoms with van der Waals surface area (Å²) in [4.78, 5) is 18.8. The summed E-state index contributed by atoms with van der Waals surface area (Å²) < 4.78 is 14.3. The maximum atomic E-state index is 14.3. The molecule has 108 valence electrons. The molecule has 0 aliphatic heterocycles. The number of carbonyl (C=O) groups is 1. The molecule has 0 atom stereocenters. The molecule has 2 aromatic heterocycles. The first-order chi connectivity index (χ1) is 10.6. The van der Waals surface area contributed by atoms with E-state index in [1.54, 1.807) is 18.2 Å². The van der Waals surface area contributed by atoms with Crippen LogP contribution in [0.1, 0.15) is 10.5 Å². The Bertz CT molecular complexity index is 1090. The van der Waals surface area contributed by atoms with Crippen molar-refractivity contribution >= 4 is 38.6 Å². The predicted molar refractivity (Wildman–Crippen MR) is 81.2 cm³/mol. The number of H-pyrrole nitrogens is 1. The van der Waals surface area contributed by atoms with Crippen molar-refractivity contribution in [3.63, 3.8) is 0 Å². The standard InChI is InChI=1S/C16H10FN3O2/c17-8-4-2-5-9-12(8)11-7-3-1-6-10(21)13(7)20-14(11)15(19-9)16(18)22/h1-6,20-21H,(H2,18,22). The second kappa shape index (κ2) is 4.17. The lowest BCUT2D eigenvalue weighted by molar-refractivity contribution is 0.0997. The molecule has 0 saturated heterocycles. The number of aromatic amines is 1. The first-order valence-electron chi connectivity index (χ1n) is 6.59. The molecule has 0 fully saturated rings. The third-order valence-corrected chi connectivity index (χ3v) is 3.76. The van der Waals surface area contributed by atoms with Gasteiger partial charge in [0.2, 0.25) is 0 Å². The highest BCUT2D eigenvalue weighted by molar-refractivity contribution is 6.24. The van der Waals surface area contributed by atoms with E-state index in [1.165, 1.54) is 18.2 Å². The molecule has 1 amide bonds. The summed E-state index contributed by atoms with van der Waals surface area (Å²) in [6.07, 6.45) is 0. The molecular weight excluding hydrogens is 285 g/mol. The maximum absolute atomic E-state index is 14.3. The summed E-state index contributed by atoms with van der Waals surface area (Å²) in [6, 6.07) is 9.37. The van der Waals surface area contributed by atoms with E-state index in [0.29, 0.717) is 32.7 Å². The number of phenols is 1. The zero-order valence-electron chi connectivity index (χ0n) is 11.2. The van der Waals surface area contributed by atoms with Gasteiger partial charge in [0.05, 0.1) is 16.6 Å². The number of primary amides is 1. The monoisotopic (exact) mass is 295 g/mol. The summed E-state index contributed by atoms with van der Waals surface area (Å²) >= 11 is 0. The number of nitrogens with two attached hydrogens (primary N) is 1. The molecule has 0 unspecified atom stereocenters. The van der Waals surface area contributed by atoms with Crippen molar-refractivity contribution in [1.29, 1.82) is 0 Å². The van der Waals surface area contributed by atoms with E-state index in [4.69, 9.17) is 5.73 Å². The minimum absolute atomic E-state index is 0.00797. The van der Waals surface area contributed by atoms with Gasteiger partial charge in [0.15, 0.2) is 5.69 Å². The number of fused-ring (bicyclic) bond motifs is 5. The predicted octanol–water partition coefficient (Wildman–Crippen LogP) is 2.81. The number of pyridine rings is 1. The number of carbonyl (C=O) groups excluding carboxylic acids is 1. The highest BCUT2D eigenvalue weighted by atomic mass is 19.1. The average Bonchev–Trinajstić information content (AvgIpc) is 2.87. The van der Waals surface area contributed by atoms with Gasteiger partial charge in [-0.25, -0.2) is 9.37 Å². The molecule has 0 spiro atoms. The molecule has 0 radical (unpaired) electrons. The Balaban J connectivity index is 2.40. The van der Waals surface area contributed by atoms with E-state index in [2.05, 4.69) is 9.97 Å². The van der Waals surface area contributed by atoms with E-state index in [0.717, 1.165) is 0 Å². The number of hydrogen-bond acceptors (Lipinski definition) is 3. The van der Waals surface area contributed by atoms with E-state index in [9.17, 15) is 14.3 Å². The number of phenolic OH excluding ortho intramolecular Hbond substituents is 1. The van der Waals surface area contributed by atoms with E-state index >= 15 is 0 Å². The molecule has 5 nitrogen and oxygen atoms in total. The van der Waals surface area contributed by atoms with Crippen LogP contribution in [0, 0.1) is 5.82 Å². The van der Waals surface area contributed by atoms with Gasteiger partial charge in [-0.2, -0.15) is 0 Å². The first-order valence-corrected chi connectivity index (χ1v) is 6.59. The third kappa shape index (κ3) is 1.52. The Labute approximate surface area is 123 Å². The summed E-state index contributed by atoms with van der Waals surface area (Å²) in [6.45, 7) is 0. The van der Waals surface area contributed by atoms with Crippen LogP contribution in [0.5, 0.6) is 5.75 Å². The molecule has 4 rings (SSSR count). The number of hydrogen-bond donors (Lipinski definition) is 3. The lowest BCUT2D eigenvalue weighted by atomic mass is 10.1. The van der Waals surface area contributed by atoms with Gasteiger partial charge in [0.25, 0.3) is 5.91 Å². The van der Waals surface area contributed by atoms with Crippen LogP contribution in [-0.4, -0.2) is 21.0 Å². The first kappa shape index (κ1) is 12.6. The SMILES string of the molecule is NC(=O)c1nc2cccc(F)c2c2c1[nH]c1c(O)cccc12. The number of halogens is 1. The van der Waals surface area contributed by atoms with Gasteiger partial charge < -0.3 is 15.8 Å². The molecule has 22 heavy (non-hydrogen) atoms. The van der Waals surface area contributed by atoms with Crippen LogP contribution in [0.4, 0.5) is 4.39 Å².